The van der Waals surface area contributed by atoms with E-state index in [2.05, 4.69) is 20.6 Å². The van der Waals surface area contributed by atoms with E-state index in [9.17, 15) is 13.6 Å². The van der Waals surface area contributed by atoms with Gasteiger partial charge in [0.25, 0.3) is 0 Å². The highest BCUT2D eigenvalue weighted by Crippen LogP contribution is 2.36. The number of anilines is 3. The molecule has 0 radical (unpaired) electrons. The average molecular weight is 486 g/mol. The van der Waals surface area contributed by atoms with E-state index >= 15 is 0 Å². The Kier molecular flexibility index (Phi) is 6.76. The number of halogens is 2. The summed E-state index contributed by atoms with van der Waals surface area (Å²) < 4.78 is 36.0. The molecule has 9 nitrogen and oxygen atoms in total. The number of carbonyl (C=O) groups is 1. The third-order valence-electron chi connectivity index (χ3n) is 6.79. The molecule has 2 saturated carbocycles. The fourth-order valence-electron chi connectivity index (χ4n) is 5.03. The molecule has 2 aliphatic carbocycles. The Morgan fingerprint density at radius 3 is 2.49 bits per heavy atom. The van der Waals surface area contributed by atoms with Gasteiger partial charge in [-0.15, -0.1) is 0 Å². The highest BCUT2D eigenvalue weighted by molar-refractivity contribution is 5.77. The van der Waals surface area contributed by atoms with Crippen LogP contribution < -0.4 is 16.4 Å². The third kappa shape index (κ3) is 5.04. The molecule has 2 fully saturated rings. The highest BCUT2D eigenvalue weighted by atomic mass is 19.1. The summed E-state index contributed by atoms with van der Waals surface area (Å²) in [5.41, 5.74) is 6.27. The van der Waals surface area contributed by atoms with Crippen LogP contribution in [0.1, 0.15) is 57.4 Å². The van der Waals surface area contributed by atoms with E-state index in [0.29, 0.717) is 23.1 Å². The van der Waals surface area contributed by atoms with Crippen LogP contribution in [0.5, 0.6) is 0 Å². The minimum absolute atomic E-state index is 0.108. The molecule has 0 saturated heterocycles. The molecule has 2 aliphatic rings. The summed E-state index contributed by atoms with van der Waals surface area (Å²) in [6.07, 6.45) is 8.67. The van der Waals surface area contributed by atoms with Crippen molar-refractivity contribution in [2.75, 3.05) is 17.2 Å². The van der Waals surface area contributed by atoms with E-state index < -0.39 is 11.6 Å². The summed E-state index contributed by atoms with van der Waals surface area (Å²) in [5.74, 6) is -0.922. The number of aromatic nitrogens is 4. The quantitative estimate of drug-likeness (QED) is 0.426. The van der Waals surface area contributed by atoms with Crippen LogP contribution >= 0.6 is 0 Å². The Morgan fingerprint density at radius 1 is 1.09 bits per heavy atom. The number of imidazole rings is 1. The summed E-state index contributed by atoms with van der Waals surface area (Å²) in [7, 11) is 0. The average Bonchev–Trinajstić information content (AvgIpc) is 3.50. The molecule has 3 aromatic rings. The Hall–Kier alpha value is -3.34. The first-order chi connectivity index (χ1) is 17.0. The van der Waals surface area contributed by atoms with Gasteiger partial charge in [0.15, 0.2) is 5.65 Å². The van der Waals surface area contributed by atoms with Crippen LogP contribution in [0.2, 0.25) is 0 Å². The highest BCUT2D eigenvalue weighted by Gasteiger charge is 2.27. The van der Waals surface area contributed by atoms with Gasteiger partial charge < -0.3 is 21.1 Å². The van der Waals surface area contributed by atoms with Gasteiger partial charge >= 0.3 is 5.97 Å². The molecule has 4 N–H and O–H groups in total. The van der Waals surface area contributed by atoms with Gasteiger partial charge in [-0.2, -0.15) is 4.98 Å². The largest absolute Gasteiger partial charge is 0.461 e. The van der Waals surface area contributed by atoms with Gasteiger partial charge in [-0.3, -0.25) is 9.36 Å². The van der Waals surface area contributed by atoms with Crippen LogP contribution in [0.15, 0.2) is 24.4 Å². The van der Waals surface area contributed by atoms with Gasteiger partial charge in [0, 0.05) is 12.1 Å². The molecule has 2 aromatic heterocycles. The Morgan fingerprint density at radius 2 is 1.80 bits per heavy atom. The lowest BCUT2D eigenvalue weighted by Crippen LogP contribution is -2.33. The zero-order valence-electron chi connectivity index (χ0n) is 19.3. The minimum atomic E-state index is -0.684. The summed E-state index contributed by atoms with van der Waals surface area (Å²) in [4.78, 5) is 25.2. The van der Waals surface area contributed by atoms with Crippen LogP contribution in [0.4, 0.5) is 26.4 Å². The molecule has 0 unspecified atom stereocenters. The fraction of sp³-hybridized carbons (Fsp3) is 0.500. The van der Waals surface area contributed by atoms with E-state index in [1.165, 1.54) is 18.2 Å². The second kappa shape index (κ2) is 10.1. The standard InChI is InChI=1S/C24H29F2N7O2/c25-17-6-3-7-18(26)21(17)31-24-30-19-13-28-23(32-22(19)33(24)15-4-1-2-5-15)29-14-8-10-16(11-9-14)35-20(34)12-27/h3,6-7,13-16H,1-2,4-5,8-12,27H2,(H,30,31)(H,28,29,32). The molecule has 0 spiro atoms. The number of ether oxygens (including phenoxy) is 1. The van der Waals surface area contributed by atoms with Crippen molar-refractivity contribution in [3.63, 3.8) is 0 Å². The molecule has 1 aromatic carbocycles. The molecule has 0 aliphatic heterocycles. The zero-order valence-corrected chi connectivity index (χ0v) is 19.3. The number of fused-ring (bicyclic) bond motifs is 1. The van der Waals surface area contributed by atoms with E-state index in [0.717, 1.165) is 51.4 Å². The van der Waals surface area contributed by atoms with Crippen molar-refractivity contribution in [1.82, 2.24) is 19.5 Å². The zero-order chi connectivity index (χ0) is 24.4. The molecule has 35 heavy (non-hydrogen) atoms. The van der Waals surface area contributed by atoms with E-state index in [1.54, 1.807) is 6.20 Å². The third-order valence-corrected chi connectivity index (χ3v) is 6.79. The summed E-state index contributed by atoms with van der Waals surface area (Å²) in [6.45, 7) is -0.110. The van der Waals surface area contributed by atoms with Gasteiger partial charge in [0.1, 0.15) is 28.9 Å². The smallest absolute Gasteiger partial charge is 0.319 e. The molecular weight excluding hydrogens is 456 g/mol. The number of benzene rings is 1. The number of hydrogen-bond acceptors (Lipinski definition) is 8. The number of esters is 1. The van der Waals surface area contributed by atoms with Gasteiger partial charge in [-0.05, 0) is 50.7 Å². The number of carbonyl (C=O) groups excluding carboxylic acids is 1. The number of nitrogens with one attached hydrogen (secondary N) is 2. The molecule has 2 heterocycles. The fourth-order valence-corrected chi connectivity index (χ4v) is 5.03. The van der Waals surface area contributed by atoms with Crippen molar-refractivity contribution >= 4 is 34.7 Å². The van der Waals surface area contributed by atoms with Crippen molar-refractivity contribution in [2.24, 2.45) is 5.73 Å². The molecule has 5 rings (SSSR count). The minimum Gasteiger partial charge on any atom is -0.461 e. The topological polar surface area (TPSA) is 120 Å². The van der Waals surface area contributed by atoms with Crippen LogP contribution in [0.3, 0.4) is 0 Å². The van der Waals surface area contributed by atoms with Gasteiger partial charge in [-0.1, -0.05) is 18.9 Å². The normalized spacial score (nSPS) is 20.8. The molecule has 0 amide bonds. The van der Waals surface area contributed by atoms with E-state index in [-0.39, 0.29) is 36.4 Å². The predicted octanol–water partition coefficient (Wildman–Crippen LogP) is 4.19. The van der Waals surface area contributed by atoms with Crippen molar-refractivity contribution in [3.05, 3.63) is 36.0 Å². The molecule has 11 heteroatoms. The number of rotatable bonds is 7. The van der Waals surface area contributed by atoms with E-state index in [1.807, 2.05) is 4.57 Å². The number of hydrogen-bond donors (Lipinski definition) is 3. The maximum absolute atomic E-state index is 14.3. The van der Waals surface area contributed by atoms with Crippen LogP contribution in [-0.2, 0) is 9.53 Å². The van der Waals surface area contributed by atoms with Crippen molar-refractivity contribution < 1.29 is 18.3 Å². The first-order valence-corrected chi connectivity index (χ1v) is 12.1. The molecular formula is C24H29F2N7O2. The Bertz CT molecular complexity index is 1180. The maximum Gasteiger partial charge on any atom is 0.319 e. The number of para-hydroxylation sites is 1. The summed E-state index contributed by atoms with van der Waals surface area (Å²) in [5, 5.41) is 6.25. The van der Waals surface area contributed by atoms with Crippen LogP contribution in [0.25, 0.3) is 11.2 Å². The molecule has 186 valence electrons. The lowest BCUT2D eigenvalue weighted by Gasteiger charge is -2.28. The second-order valence-electron chi connectivity index (χ2n) is 9.18. The Balaban J connectivity index is 1.38. The van der Waals surface area contributed by atoms with Gasteiger partial charge in [0.05, 0.1) is 12.7 Å². The van der Waals surface area contributed by atoms with Crippen molar-refractivity contribution in [3.8, 4) is 0 Å². The first-order valence-electron chi connectivity index (χ1n) is 12.1. The second-order valence-corrected chi connectivity index (χ2v) is 9.18. The molecule has 0 atom stereocenters. The van der Waals surface area contributed by atoms with Crippen molar-refractivity contribution in [1.29, 1.82) is 0 Å². The number of nitrogens with zero attached hydrogens (tertiary/aromatic N) is 4. The molecule has 0 bridgehead atoms. The predicted molar refractivity (Wildman–Crippen MR) is 127 cm³/mol. The SMILES string of the molecule is NCC(=O)OC1CCC(Nc2ncc3nc(Nc4c(F)cccc4F)n(C4CCCC4)c3n2)CC1. The van der Waals surface area contributed by atoms with Crippen molar-refractivity contribution in [2.45, 2.75) is 69.6 Å². The summed E-state index contributed by atoms with van der Waals surface area (Å²) in [6, 6.07) is 4.03. The van der Waals surface area contributed by atoms with Crippen LogP contribution in [-0.4, -0.2) is 44.2 Å². The first kappa shape index (κ1) is 23.4. The van der Waals surface area contributed by atoms with Crippen LogP contribution in [0, 0.1) is 11.6 Å². The van der Waals surface area contributed by atoms with E-state index in [4.69, 9.17) is 15.5 Å². The monoisotopic (exact) mass is 485 g/mol. The number of nitrogens with two attached hydrogens (primary N) is 1. The van der Waals surface area contributed by atoms with Gasteiger partial charge in [-0.25, -0.2) is 18.7 Å². The maximum atomic E-state index is 14.3. The summed E-state index contributed by atoms with van der Waals surface area (Å²) >= 11 is 0. The Labute approximate surface area is 201 Å². The lowest BCUT2D eigenvalue weighted by atomic mass is 9.93. The van der Waals surface area contributed by atoms with Gasteiger partial charge in [0.2, 0.25) is 11.9 Å². The lowest BCUT2D eigenvalue weighted by molar-refractivity contribution is -0.148.